The van der Waals surface area contributed by atoms with Gasteiger partial charge in [0.15, 0.2) is 0 Å². The first kappa shape index (κ1) is 47.4. The highest BCUT2D eigenvalue weighted by atomic mass is 16.3. The molecule has 314 valence electrons. The van der Waals surface area contributed by atoms with Crippen molar-refractivity contribution in [2.24, 2.45) is 23.7 Å². The van der Waals surface area contributed by atoms with Crippen LogP contribution in [0.15, 0.2) is 0 Å². The van der Waals surface area contributed by atoms with E-state index in [-0.39, 0.29) is 25.3 Å². The third-order valence-electron chi connectivity index (χ3n) is 11.4. The fourth-order valence-electron chi connectivity index (χ4n) is 7.06. The number of nitrogens with zero attached hydrogens (tertiary/aromatic N) is 4. The number of aliphatic hydroxyl groups is 2. The van der Waals surface area contributed by atoms with Crippen molar-refractivity contribution >= 4 is 41.4 Å². The molecule has 2 rings (SSSR count). The molecule has 0 aromatic heterocycles. The SMILES string of the molecule is CC[C@H](C)[C@@H]1NC(=O)[C@H](C(O)C(C)C)NC(=O)[C@@H]2CCCCN2C(=O)[C@H](C)N(C)C(=O)[C@H](CC(C)C)NC(=O)[C@H](C(O)C(C)C)N(C)C(=O)[C@H](C)N(C)C1=O. The minimum Gasteiger partial charge on any atom is -0.390 e. The van der Waals surface area contributed by atoms with Crippen LogP contribution < -0.4 is 16.0 Å². The number of amides is 7. The van der Waals surface area contributed by atoms with Gasteiger partial charge in [-0.1, -0.05) is 61.8 Å². The van der Waals surface area contributed by atoms with Crippen LogP contribution in [-0.4, -0.2) is 153 Å². The molecule has 2 heterocycles. The largest absolute Gasteiger partial charge is 0.390 e. The molecule has 0 radical (unpaired) electrons. The zero-order chi connectivity index (χ0) is 42.2. The van der Waals surface area contributed by atoms with Crippen LogP contribution in [0.5, 0.6) is 0 Å². The van der Waals surface area contributed by atoms with Crippen LogP contribution in [0.4, 0.5) is 0 Å². The molecule has 2 aliphatic rings. The third-order valence-corrected chi connectivity index (χ3v) is 11.4. The highest BCUT2D eigenvalue weighted by molar-refractivity contribution is 5.98. The summed E-state index contributed by atoms with van der Waals surface area (Å²) in [6, 6.07) is -8.53. The van der Waals surface area contributed by atoms with Gasteiger partial charge in [-0.25, -0.2) is 0 Å². The number of nitrogens with one attached hydrogen (secondary N) is 3. The topological polar surface area (TPSA) is 209 Å². The van der Waals surface area contributed by atoms with E-state index in [1.807, 2.05) is 20.8 Å². The quantitative estimate of drug-likeness (QED) is 0.232. The maximum atomic E-state index is 14.2. The number of hydrogen-bond donors (Lipinski definition) is 5. The molecule has 0 saturated carbocycles. The minimum absolute atomic E-state index is 0.0882. The van der Waals surface area contributed by atoms with Crippen LogP contribution >= 0.6 is 0 Å². The zero-order valence-electron chi connectivity index (χ0n) is 35.3. The Morgan fingerprint density at radius 2 is 1.16 bits per heavy atom. The molecule has 5 N–H and O–H groups in total. The van der Waals surface area contributed by atoms with Crippen molar-refractivity contribution in [2.45, 2.75) is 156 Å². The number of fused-ring (bicyclic) bond motifs is 1. The van der Waals surface area contributed by atoms with E-state index < -0.39 is 114 Å². The number of aliphatic hydroxyl groups excluding tert-OH is 2. The summed E-state index contributed by atoms with van der Waals surface area (Å²) in [5.74, 6) is -6.20. The van der Waals surface area contributed by atoms with E-state index in [4.69, 9.17) is 0 Å². The smallest absolute Gasteiger partial charge is 0.246 e. The number of rotatable bonds is 8. The fraction of sp³-hybridized carbons (Fsp3) is 0.821. The molecule has 2 aliphatic heterocycles. The molecule has 0 bridgehead atoms. The van der Waals surface area contributed by atoms with Gasteiger partial charge in [0.1, 0.15) is 42.3 Å². The van der Waals surface area contributed by atoms with Crippen LogP contribution in [-0.2, 0) is 33.6 Å². The lowest BCUT2D eigenvalue weighted by molar-refractivity contribution is -0.153. The van der Waals surface area contributed by atoms with Crippen molar-refractivity contribution in [1.29, 1.82) is 0 Å². The molecule has 7 amide bonds. The van der Waals surface area contributed by atoms with Gasteiger partial charge in [-0.3, -0.25) is 33.6 Å². The Bertz CT molecular complexity index is 1390. The summed E-state index contributed by atoms with van der Waals surface area (Å²) in [6.45, 7) is 17.3. The van der Waals surface area contributed by atoms with Crippen molar-refractivity contribution in [3.63, 3.8) is 0 Å². The first-order valence-electron chi connectivity index (χ1n) is 19.9. The minimum atomic E-state index is -1.50. The summed E-state index contributed by atoms with van der Waals surface area (Å²) in [7, 11) is 4.18. The summed E-state index contributed by atoms with van der Waals surface area (Å²) in [5, 5.41) is 30.8. The molecular weight excluding hydrogens is 710 g/mol. The number of carbonyl (C=O) groups excluding carboxylic acids is 7. The monoisotopic (exact) mass is 780 g/mol. The van der Waals surface area contributed by atoms with Crippen molar-refractivity contribution < 1.29 is 43.8 Å². The second-order valence-electron chi connectivity index (χ2n) is 16.7. The summed E-state index contributed by atoms with van der Waals surface area (Å²) in [4.78, 5) is 104. The van der Waals surface area contributed by atoms with Crippen molar-refractivity contribution in [3.8, 4) is 0 Å². The number of hydrogen-bond acceptors (Lipinski definition) is 9. The summed E-state index contributed by atoms with van der Waals surface area (Å²) >= 11 is 0. The van der Waals surface area contributed by atoms with Crippen LogP contribution in [0.25, 0.3) is 0 Å². The summed E-state index contributed by atoms with van der Waals surface area (Å²) in [6.07, 6.45) is -0.622. The lowest BCUT2D eigenvalue weighted by Crippen LogP contribution is -2.64. The van der Waals surface area contributed by atoms with E-state index in [1.165, 1.54) is 44.8 Å². The normalized spacial score (nSPS) is 29.5. The Labute approximate surface area is 327 Å². The second-order valence-corrected chi connectivity index (χ2v) is 16.7. The first-order chi connectivity index (χ1) is 25.5. The Kier molecular flexibility index (Phi) is 17.6. The lowest BCUT2D eigenvalue weighted by atomic mass is 9.94. The first-order valence-corrected chi connectivity index (χ1v) is 19.9. The maximum Gasteiger partial charge on any atom is 0.246 e. The van der Waals surface area contributed by atoms with Crippen LogP contribution in [0.3, 0.4) is 0 Å². The Morgan fingerprint density at radius 3 is 1.69 bits per heavy atom. The van der Waals surface area contributed by atoms with Gasteiger partial charge >= 0.3 is 0 Å². The van der Waals surface area contributed by atoms with Gasteiger partial charge in [0.05, 0.1) is 12.2 Å². The van der Waals surface area contributed by atoms with E-state index in [9.17, 15) is 43.8 Å². The van der Waals surface area contributed by atoms with E-state index in [0.717, 1.165) is 9.80 Å². The molecular formula is C39H69N7O9. The number of carbonyl (C=O) groups is 7. The highest BCUT2D eigenvalue weighted by Gasteiger charge is 2.44. The number of likely N-dealkylation sites (N-methyl/N-ethyl adjacent to an activating group) is 3. The standard InChI is InChI=1S/C39H69N7O9/c1-14-23(8)28-39(55)44(12)24(9)36(52)45(13)30(32(48)22(6)7)35(51)40-26(19-20(2)3)38(54)43(11)25(10)37(53)46-18-16-15-17-27(46)33(49)42-29(34(50)41-28)31(47)21(4)5/h20-32,47-48H,14-19H2,1-13H3,(H,40,51)(H,41,50)(H,42,49)/t23-,24-,25-,26-,27-,28-,29-,30-,31?,32?/m0/s1. The average molecular weight is 780 g/mol. The van der Waals surface area contributed by atoms with Crippen LogP contribution in [0.1, 0.15) is 101 Å². The molecule has 2 fully saturated rings. The fourth-order valence-corrected chi connectivity index (χ4v) is 7.06. The van der Waals surface area contributed by atoms with Gasteiger partial charge in [-0.15, -0.1) is 0 Å². The second kappa shape index (κ2) is 20.4. The zero-order valence-corrected chi connectivity index (χ0v) is 35.3. The molecule has 16 heteroatoms. The molecule has 2 unspecified atom stereocenters. The Morgan fingerprint density at radius 1 is 0.636 bits per heavy atom. The van der Waals surface area contributed by atoms with Crippen LogP contribution in [0, 0.1) is 23.7 Å². The molecule has 0 aromatic carbocycles. The van der Waals surface area contributed by atoms with Crippen LogP contribution in [0.2, 0.25) is 0 Å². The van der Waals surface area contributed by atoms with E-state index >= 15 is 0 Å². The highest BCUT2D eigenvalue weighted by Crippen LogP contribution is 2.23. The van der Waals surface area contributed by atoms with Crippen molar-refractivity contribution in [2.75, 3.05) is 27.7 Å². The van der Waals surface area contributed by atoms with Gasteiger partial charge in [0.25, 0.3) is 0 Å². The van der Waals surface area contributed by atoms with Crippen molar-refractivity contribution in [3.05, 3.63) is 0 Å². The third kappa shape index (κ3) is 11.4. The summed E-state index contributed by atoms with van der Waals surface area (Å²) < 4.78 is 0. The predicted octanol–water partition coefficient (Wildman–Crippen LogP) is 0.482. The van der Waals surface area contributed by atoms with Gasteiger partial charge in [-0.2, -0.15) is 0 Å². The van der Waals surface area contributed by atoms with Gasteiger partial charge in [0.2, 0.25) is 41.4 Å². The van der Waals surface area contributed by atoms with Gasteiger partial charge < -0.3 is 45.8 Å². The molecule has 2 saturated heterocycles. The number of piperidine rings is 1. The maximum absolute atomic E-state index is 14.2. The van der Waals surface area contributed by atoms with E-state index in [0.29, 0.717) is 19.3 Å². The van der Waals surface area contributed by atoms with E-state index in [2.05, 4.69) is 16.0 Å². The lowest BCUT2D eigenvalue weighted by Gasteiger charge is -2.39. The molecule has 55 heavy (non-hydrogen) atoms. The molecule has 0 aromatic rings. The Hall–Kier alpha value is -3.79. The Balaban J connectivity index is 2.82. The average Bonchev–Trinajstić information content (AvgIpc) is 3.14. The van der Waals surface area contributed by atoms with Gasteiger partial charge in [0, 0.05) is 27.7 Å². The van der Waals surface area contributed by atoms with Gasteiger partial charge in [-0.05, 0) is 63.2 Å². The van der Waals surface area contributed by atoms with E-state index in [1.54, 1.807) is 34.6 Å². The molecule has 16 nitrogen and oxygen atoms in total. The predicted molar refractivity (Wildman–Crippen MR) is 207 cm³/mol. The summed E-state index contributed by atoms with van der Waals surface area (Å²) in [5.41, 5.74) is 0. The molecule has 0 spiro atoms. The molecule has 10 atom stereocenters. The van der Waals surface area contributed by atoms with Crippen molar-refractivity contribution in [1.82, 2.24) is 35.6 Å². The molecule has 0 aliphatic carbocycles.